The molecule has 1 heterocycles. The number of nitrogens with zero attached hydrogens (tertiary/aromatic N) is 1. The van der Waals surface area contributed by atoms with Crippen LogP contribution in [0.1, 0.15) is 98.2 Å². The van der Waals surface area contributed by atoms with E-state index in [0.29, 0.717) is 41.1 Å². The van der Waals surface area contributed by atoms with E-state index in [1.807, 2.05) is 6.92 Å². The standard InChI is InChI=1S/C29H49NO6/c1-11-20(4)26(35-23(7)31)21(5)17-19(3)14-12-13-18(2)15-16-25-22(6)27(36-24(8)32)28(33-9)29(30-25)34-10/h18-21,26H,11-17H2,1-10H3. The van der Waals surface area contributed by atoms with Crippen LogP contribution in [-0.2, 0) is 20.7 Å². The van der Waals surface area contributed by atoms with E-state index >= 15 is 0 Å². The smallest absolute Gasteiger partial charge is 0.308 e. The van der Waals surface area contributed by atoms with Gasteiger partial charge in [-0.05, 0) is 49.9 Å². The van der Waals surface area contributed by atoms with Gasteiger partial charge in [-0.1, -0.05) is 60.3 Å². The third kappa shape index (κ3) is 9.98. The van der Waals surface area contributed by atoms with E-state index in [1.54, 1.807) is 0 Å². The molecule has 1 aromatic heterocycles. The average molecular weight is 508 g/mol. The van der Waals surface area contributed by atoms with Crippen molar-refractivity contribution in [2.45, 2.75) is 106 Å². The Morgan fingerprint density at radius 2 is 1.50 bits per heavy atom. The fraction of sp³-hybridized carbons (Fsp3) is 0.759. The van der Waals surface area contributed by atoms with Crippen molar-refractivity contribution in [3.05, 3.63) is 11.3 Å². The number of aryl methyl sites for hydroxylation is 1. The van der Waals surface area contributed by atoms with Crippen LogP contribution >= 0.6 is 0 Å². The summed E-state index contributed by atoms with van der Waals surface area (Å²) in [5.74, 6) is 2.29. The molecule has 0 aliphatic rings. The number of aromatic nitrogens is 1. The van der Waals surface area contributed by atoms with Gasteiger partial charge in [-0.15, -0.1) is 0 Å². The zero-order valence-electron chi connectivity index (χ0n) is 24.2. The second kappa shape index (κ2) is 15.7. The number of carbonyl (C=O) groups excluding carboxylic acids is 2. The first kappa shape index (κ1) is 31.7. The van der Waals surface area contributed by atoms with Crippen molar-refractivity contribution in [3.8, 4) is 17.4 Å². The number of esters is 2. The molecule has 1 rings (SSSR count). The molecule has 206 valence electrons. The van der Waals surface area contributed by atoms with Gasteiger partial charge in [0.15, 0.2) is 5.75 Å². The van der Waals surface area contributed by atoms with Crippen molar-refractivity contribution >= 4 is 11.9 Å². The SMILES string of the molecule is CCC(C)C(OC(C)=O)C(C)CC(C)CCCC(C)CCc1nc(OC)c(OC)c(OC(C)=O)c1C. The molecule has 0 aliphatic carbocycles. The third-order valence-corrected chi connectivity index (χ3v) is 7.16. The highest BCUT2D eigenvalue weighted by Gasteiger charge is 2.27. The van der Waals surface area contributed by atoms with Gasteiger partial charge in [0.05, 0.1) is 19.9 Å². The van der Waals surface area contributed by atoms with Crippen molar-refractivity contribution in [2.75, 3.05) is 14.2 Å². The van der Waals surface area contributed by atoms with E-state index in [9.17, 15) is 9.59 Å². The number of hydrogen-bond acceptors (Lipinski definition) is 7. The van der Waals surface area contributed by atoms with Crippen LogP contribution < -0.4 is 14.2 Å². The lowest BCUT2D eigenvalue weighted by Gasteiger charge is -2.30. The first-order valence-corrected chi connectivity index (χ1v) is 13.4. The molecule has 36 heavy (non-hydrogen) atoms. The molecular formula is C29H49NO6. The summed E-state index contributed by atoms with van der Waals surface area (Å²) in [6, 6.07) is 0. The molecule has 0 radical (unpaired) electrons. The summed E-state index contributed by atoms with van der Waals surface area (Å²) in [6.45, 7) is 15.9. The normalized spacial score (nSPS) is 15.4. The fourth-order valence-corrected chi connectivity index (χ4v) is 4.93. The van der Waals surface area contributed by atoms with E-state index in [2.05, 4.69) is 39.6 Å². The Bertz CT molecular complexity index is 840. The largest absolute Gasteiger partial charge is 0.489 e. The van der Waals surface area contributed by atoms with Crippen LogP contribution in [0, 0.1) is 30.6 Å². The Balaban J connectivity index is 2.65. The maximum absolute atomic E-state index is 11.6. The molecule has 0 aromatic carbocycles. The lowest BCUT2D eigenvalue weighted by Crippen LogP contribution is -2.31. The summed E-state index contributed by atoms with van der Waals surface area (Å²) in [6.07, 6.45) is 7.27. The van der Waals surface area contributed by atoms with E-state index in [0.717, 1.165) is 56.2 Å². The molecule has 1 aromatic rings. The van der Waals surface area contributed by atoms with Crippen LogP contribution in [0.2, 0.25) is 0 Å². The molecule has 0 amide bonds. The molecule has 7 nitrogen and oxygen atoms in total. The van der Waals surface area contributed by atoms with Crippen LogP contribution in [-0.4, -0.2) is 37.2 Å². The maximum atomic E-state index is 11.6. The van der Waals surface area contributed by atoms with E-state index in [4.69, 9.17) is 18.9 Å². The predicted molar refractivity (Wildman–Crippen MR) is 143 cm³/mol. The second-order valence-corrected chi connectivity index (χ2v) is 10.5. The van der Waals surface area contributed by atoms with Gasteiger partial charge in [-0.3, -0.25) is 9.59 Å². The van der Waals surface area contributed by atoms with Gasteiger partial charge in [0.1, 0.15) is 6.10 Å². The molecule has 0 N–H and O–H groups in total. The molecule has 0 bridgehead atoms. The predicted octanol–water partition coefficient (Wildman–Crippen LogP) is 6.71. The minimum absolute atomic E-state index is 0.0111. The average Bonchev–Trinajstić information content (AvgIpc) is 2.81. The Hall–Kier alpha value is -2.31. The summed E-state index contributed by atoms with van der Waals surface area (Å²) < 4.78 is 21.9. The molecule has 0 aliphatic heterocycles. The number of rotatable bonds is 16. The van der Waals surface area contributed by atoms with E-state index in [1.165, 1.54) is 28.1 Å². The molecule has 0 fully saturated rings. The minimum Gasteiger partial charge on any atom is -0.489 e. The van der Waals surface area contributed by atoms with Crippen molar-refractivity contribution in [3.63, 3.8) is 0 Å². The van der Waals surface area contributed by atoms with Crippen LogP contribution in [0.4, 0.5) is 0 Å². The first-order chi connectivity index (χ1) is 16.9. The summed E-state index contributed by atoms with van der Waals surface area (Å²) in [5.41, 5.74) is 1.67. The van der Waals surface area contributed by atoms with Gasteiger partial charge in [0, 0.05) is 19.4 Å². The van der Waals surface area contributed by atoms with Gasteiger partial charge < -0.3 is 18.9 Å². The summed E-state index contributed by atoms with van der Waals surface area (Å²) >= 11 is 0. The van der Waals surface area contributed by atoms with E-state index in [-0.39, 0.29) is 12.1 Å². The molecular weight excluding hydrogens is 458 g/mol. The highest BCUT2D eigenvalue weighted by Crippen LogP contribution is 2.40. The minimum atomic E-state index is -0.407. The van der Waals surface area contributed by atoms with Crippen LogP contribution in [0.25, 0.3) is 0 Å². The lowest BCUT2D eigenvalue weighted by atomic mass is 9.83. The lowest BCUT2D eigenvalue weighted by molar-refractivity contribution is -0.152. The molecule has 7 heteroatoms. The van der Waals surface area contributed by atoms with Gasteiger partial charge >= 0.3 is 11.9 Å². The topological polar surface area (TPSA) is 84.0 Å². The molecule has 5 unspecified atom stereocenters. The number of ether oxygens (including phenoxy) is 4. The van der Waals surface area contributed by atoms with Crippen molar-refractivity contribution in [1.82, 2.24) is 4.98 Å². The Morgan fingerprint density at radius 1 is 0.861 bits per heavy atom. The van der Waals surface area contributed by atoms with Gasteiger partial charge in [0.2, 0.25) is 5.75 Å². The summed E-state index contributed by atoms with van der Waals surface area (Å²) in [5, 5.41) is 0. The Labute approximate surface area is 218 Å². The quantitative estimate of drug-likeness (QED) is 0.230. The Kier molecular flexibility index (Phi) is 13.9. The first-order valence-electron chi connectivity index (χ1n) is 13.4. The van der Waals surface area contributed by atoms with Crippen LogP contribution in [0.5, 0.6) is 17.4 Å². The number of pyridine rings is 1. The van der Waals surface area contributed by atoms with Crippen LogP contribution in [0.15, 0.2) is 0 Å². The molecule has 0 spiro atoms. The highest BCUT2D eigenvalue weighted by molar-refractivity contribution is 5.72. The highest BCUT2D eigenvalue weighted by atomic mass is 16.6. The zero-order chi connectivity index (χ0) is 27.4. The van der Waals surface area contributed by atoms with Crippen LogP contribution in [0.3, 0.4) is 0 Å². The van der Waals surface area contributed by atoms with E-state index < -0.39 is 5.97 Å². The van der Waals surface area contributed by atoms with Gasteiger partial charge in [-0.25, -0.2) is 4.98 Å². The summed E-state index contributed by atoms with van der Waals surface area (Å²) in [4.78, 5) is 27.8. The number of methoxy groups -OCH3 is 2. The van der Waals surface area contributed by atoms with Crippen molar-refractivity contribution in [1.29, 1.82) is 0 Å². The number of carbonyl (C=O) groups is 2. The molecule has 5 atom stereocenters. The fourth-order valence-electron chi connectivity index (χ4n) is 4.93. The van der Waals surface area contributed by atoms with Gasteiger partial charge in [0.25, 0.3) is 5.88 Å². The van der Waals surface area contributed by atoms with Crippen molar-refractivity contribution < 1.29 is 28.5 Å². The zero-order valence-corrected chi connectivity index (χ0v) is 24.2. The summed E-state index contributed by atoms with van der Waals surface area (Å²) in [7, 11) is 3.04. The van der Waals surface area contributed by atoms with Gasteiger partial charge in [-0.2, -0.15) is 0 Å². The number of hydrogen-bond donors (Lipinski definition) is 0. The molecule has 0 saturated carbocycles. The second-order valence-electron chi connectivity index (χ2n) is 10.5. The maximum Gasteiger partial charge on any atom is 0.308 e. The monoisotopic (exact) mass is 507 g/mol. The third-order valence-electron chi connectivity index (χ3n) is 7.16. The van der Waals surface area contributed by atoms with Crippen molar-refractivity contribution in [2.24, 2.45) is 23.7 Å². The molecule has 0 saturated heterocycles. The Morgan fingerprint density at radius 3 is 2.03 bits per heavy atom.